The van der Waals surface area contributed by atoms with Crippen molar-refractivity contribution in [3.8, 4) is 22.9 Å². The molecule has 1 aromatic carbocycles. The normalized spacial score (nSPS) is 29.6. The SMILES string of the molecule is CN1C(=O)C2(N=C1N)c1cc(-c3cncc(C#N)c3)ccc1OC1CCOCC12F. The molecular weight excluding hydrogens is 389 g/mol. The van der Waals surface area contributed by atoms with Gasteiger partial charge in [-0.1, -0.05) is 6.07 Å². The second kappa shape index (κ2) is 6.24. The molecule has 2 aromatic rings. The zero-order valence-electron chi connectivity index (χ0n) is 16.1. The molecule has 3 unspecified atom stereocenters. The van der Waals surface area contributed by atoms with Crippen molar-refractivity contribution in [1.82, 2.24) is 9.88 Å². The van der Waals surface area contributed by atoms with Crippen LogP contribution in [0.5, 0.6) is 5.75 Å². The molecule has 1 fully saturated rings. The summed E-state index contributed by atoms with van der Waals surface area (Å²) >= 11 is 0. The van der Waals surface area contributed by atoms with Crippen LogP contribution in [0.15, 0.2) is 41.7 Å². The Kier molecular flexibility index (Phi) is 3.85. The van der Waals surface area contributed by atoms with Gasteiger partial charge >= 0.3 is 0 Å². The predicted octanol–water partition coefficient (Wildman–Crippen LogP) is 1.49. The topological polar surface area (TPSA) is 114 Å². The Labute approximate surface area is 171 Å². The highest BCUT2D eigenvalue weighted by atomic mass is 19.1. The average Bonchev–Trinajstić information content (AvgIpc) is 3.00. The lowest BCUT2D eigenvalue weighted by atomic mass is 9.69. The Morgan fingerprint density at radius 1 is 1.33 bits per heavy atom. The number of nitrogens with two attached hydrogens (primary N) is 1. The van der Waals surface area contributed by atoms with Crippen molar-refractivity contribution in [2.45, 2.75) is 23.7 Å². The van der Waals surface area contributed by atoms with Crippen LogP contribution in [0.3, 0.4) is 0 Å². The lowest BCUT2D eigenvalue weighted by molar-refractivity contribution is -0.170. The van der Waals surface area contributed by atoms with Gasteiger partial charge in [-0.15, -0.1) is 0 Å². The van der Waals surface area contributed by atoms with Crippen molar-refractivity contribution in [1.29, 1.82) is 5.26 Å². The molecule has 5 rings (SSSR count). The highest BCUT2D eigenvalue weighted by molar-refractivity contribution is 6.08. The summed E-state index contributed by atoms with van der Waals surface area (Å²) in [5.74, 6) is -0.250. The number of pyridine rings is 1. The lowest BCUT2D eigenvalue weighted by Crippen LogP contribution is -2.67. The molecule has 0 aliphatic carbocycles. The van der Waals surface area contributed by atoms with Crippen molar-refractivity contribution in [3.05, 3.63) is 47.8 Å². The Morgan fingerprint density at radius 2 is 2.17 bits per heavy atom. The van der Waals surface area contributed by atoms with E-state index in [-0.39, 0.29) is 18.1 Å². The van der Waals surface area contributed by atoms with E-state index >= 15 is 4.39 Å². The van der Waals surface area contributed by atoms with Crippen LogP contribution >= 0.6 is 0 Å². The summed E-state index contributed by atoms with van der Waals surface area (Å²) < 4.78 is 28.0. The van der Waals surface area contributed by atoms with Crippen molar-refractivity contribution in [3.63, 3.8) is 0 Å². The summed E-state index contributed by atoms with van der Waals surface area (Å²) in [6, 6.07) is 8.85. The maximum atomic E-state index is 16.6. The molecule has 3 aliphatic heterocycles. The highest BCUT2D eigenvalue weighted by Gasteiger charge is 2.71. The summed E-state index contributed by atoms with van der Waals surface area (Å²) in [7, 11) is 1.47. The van der Waals surface area contributed by atoms with Gasteiger partial charge in [0.1, 0.15) is 17.9 Å². The van der Waals surface area contributed by atoms with Gasteiger partial charge in [0, 0.05) is 37.0 Å². The first-order valence-corrected chi connectivity index (χ1v) is 9.47. The monoisotopic (exact) mass is 407 g/mol. The summed E-state index contributed by atoms with van der Waals surface area (Å²) in [5.41, 5.74) is 3.81. The number of fused-ring (bicyclic) bond motifs is 4. The van der Waals surface area contributed by atoms with Crippen LogP contribution in [0.2, 0.25) is 0 Å². The van der Waals surface area contributed by atoms with Crippen LogP contribution < -0.4 is 10.5 Å². The van der Waals surface area contributed by atoms with Gasteiger partial charge < -0.3 is 15.2 Å². The van der Waals surface area contributed by atoms with Crippen molar-refractivity contribution < 1.29 is 18.7 Å². The molecule has 8 nitrogen and oxygen atoms in total. The number of nitrogens with zero attached hydrogens (tertiary/aromatic N) is 4. The zero-order valence-corrected chi connectivity index (χ0v) is 16.1. The van der Waals surface area contributed by atoms with Gasteiger partial charge in [0.25, 0.3) is 5.91 Å². The molecule has 2 N–H and O–H groups in total. The fraction of sp³-hybridized carbons (Fsp3) is 0.333. The van der Waals surface area contributed by atoms with E-state index in [1.807, 2.05) is 6.07 Å². The van der Waals surface area contributed by atoms with E-state index in [1.54, 1.807) is 30.5 Å². The third-order valence-electron chi connectivity index (χ3n) is 6.03. The first-order chi connectivity index (χ1) is 14.4. The minimum absolute atomic E-state index is 0.0623. The summed E-state index contributed by atoms with van der Waals surface area (Å²) in [4.78, 5) is 23.0. The number of hydrogen-bond donors (Lipinski definition) is 1. The van der Waals surface area contributed by atoms with Crippen LogP contribution in [0, 0.1) is 11.3 Å². The Bertz CT molecular complexity index is 1150. The fourth-order valence-corrected chi connectivity index (χ4v) is 4.44. The summed E-state index contributed by atoms with van der Waals surface area (Å²) in [5, 5.41) is 9.17. The number of halogens is 1. The molecule has 9 heteroatoms. The van der Waals surface area contributed by atoms with Gasteiger partial charge in [-0.05, 0) is 23.8 Å². The molecule has 3 aliphatic rings. The van der Waals surface area contributed by atoms with Gasteiger partial charge in [-0.3, -0.25) is 14.7 Å². The molecule has 3 atom stereocenters. The van der Waals surface area contributed by atoms with Crippen LogP contribution in [-0.4, -0.2) is 53.8 Å². The number of rotatable bonds is 1. The number of likely N-dealkylation sites (N-methyl/N-ethyl adjacent to an activating group) is 1. The van der Waals surface area contributed by atoms with Gasteiger partial charge in [-0.2, -0.15) is 5.26 Å². The van der Waals surface area contributed by atoms with E-state index in [0.29, 0.717) is 35.5 Å². The molecule has 0 bridgehead atoms. The van der Waals surface area contributed by atoms with Crippen LogP contribution in [0.4, 0.5) is 4.39 Å². The molecule has 30 heavy (non-hydrogen) atoms. The number of amides is 1. The van der Waals surface area contributed by atoms with Crippen LogP contribution in [0.25, 0.3) is 11.1 Å². The van der Waals surface area contributed by atoms with E-state index in [4.69, 9.17) is 20.5 Å². The number of benzene rings is 1. The molecule has 4 heterocycles. The summed E-state index contributed by atoms with van der Waals surface area (Å²) in [6.45, 7) is -0.00114. The Morgan fingerprint density at radius 3 is 2.90 bits per heavy atom. The van der Waals surface area contributed by atoms with E-state index < -0.39 is 23.2 Å². The number of carbonyl (C=O) groups excluding carboxylic acids is 1. The summed E-state index contributed by atoms with van der Waals surface area (Å²) in [6.07, 6.45) is 2.45. The number of nitriles is 1. The number of aliphatic imine (C=N–C) groups is 1. The Balaban J connectivity index is 1.76. The van der Waals surface area contributed by atoms with Gasteiger partial charge in [0.2, 0.25) is 11.2 Å². The van der Waals surface area contributed by atoms with Crippen molar-refractivity contribution in [2.75, 3.05) is 20.3 Å². The lowest BCUT2D eigenvalue weighted by Gasteiger charge is -2.49. The van der Waals surface area contributed by atoms with Crippen molar-refractivity contribution >= 4 is 11.9 Å². The third kappa shape index (κ3) is 2.25. The molecule has 1 spiro atoms. The average molecular weight is 407 g/mol. The number of carbonyl (C=O) groups is 1. The number of guanidine groups is 1. The Hall–Kier alpha value is -3.51. The first-order valence-electron chi connectivity index (χ1n) is 9.47. The number of hydrogen-bond acceptors (Lipinski definition) is 7. The van der Waals surface area contributed by atoms with Gasteiger partial charge in [0.05, 0.1) is 18.8 Å². The smallest absolute Gasteiger partial charge is 0.265 e. The minimum Gasteiger partial charge on any atom is -0.486 e. The van der Waals surface area contributed by atoms with Gasteiger partial charge in [-0.25, -0.2) is 9.38 Å². The number of alkyl halides is 1. The molecular formula is C21H18FN5O3. The zero-order chi connectivity index (χ0) is 21.1. The van der Waals surface area contributed by atoms with E-state index in [0.717, 1.165) is 4.90 Å². The maximum Gasteiger partial charge on any atom is 0.265 e. The molecule has 152 valence electrons. The molecule has 0 saturated carbocycles. The fourth-order valence-electron chi connectivity index (χ4n) is 4.44. The third-order valence-corrected chi connectivity index (χ3v) is 6.03. The second-order valence-corrected chi connectivity index (χ2v) is 7.64. The van der Waals surface area contributed by atoms with E-state index in [1.165, 1.54) is 13.2 Å². The molecule has 1 saturated heterocycles. The van der Waals surface area contributed by atoms with E-state index in [9.17, 15) is 4.79 Å². The molecule has 1 amide bonds. The van der Waals surface area contributed by atoms with Crippen molar-refractivity contribution in [2.24, 2.45) is 10.7 Å². The minimum atomic E-state index is -2.21. The number of ether oxygens (including phenoxy) is 2. The first kappa shape index (κ1) is 18.5. The highest BCUT2D eigenvalue weighted by Crippen LogP contribution is 2.55. The predicted molar refractivity (Wildman–Crippen MR) is 104 cm³/mol. The van der Waals surface area contributed by atoms with Crippen LogP contribution in [-0.2, 0) is 15.1 Å². The standard InChI is InChI=1S/C21H18FN5O3/c1-27-18(28)21(26-19(27)24)15-7-13(14-6-12(8-23)9-25-10-14)2-3-16(15)30-17-4-5-29-11-20(17,21)22/h2-3,6-7,9-10,17H,4-5,11H2,1H3,(H2,24,26). The van der Waals surface area contributed by atoms with E-state index in [2.05, 4.69) is 9.98 Å². The second-order valence-electron chi connectivity index (χ2n) is 7.64. The molecule has 1 aromatic heterocycles. The van der Waals surface area contributed by atoms with Gasteiger partial charge in [0.15, 0.2) is 5.96 Å². The maximum absolute atomic E-state index is 16.6. The largest absolute Gasteiger partial charge is 0.486 e. The van der Waals surface area contributed by atoms with Crippen LogP contribution in [0.1, 0.15) is 17.5 Å². The quantitative estimate of drug-likeness (QED) is 0.766. The molecule has 0 radical (unpaired) electrons. The number of aromatic nitrogens is 1.